The van der Waals surface area contributed by atoms with E-state index in [9.17, 15) is 33.6 Å². The van der Waals surface area contributed by atoms with Gasteiger partial charge in [-0.1, -0.05) is 30.3 Å². The van der Waals surface area contributed by atoms with Gasteiger partial charge in [0.15, 0.2) is 11.2 Å². The van der Waals surface area contributed by atoms with Crippen molar-refractivity contribution in [3.8, 4) is 0 Å². The van der Waals surface area contributed by atoms with E-state index in [-0.39, 0.29) is 55.4 Å². The number of likely N-dealkylation sites (tertiary alicyclic amines) is 1. The molecule has 3 heterocycles. The fraction of sp³-hybridized carbons (Fsp3) is 0.442. The zero-order valence-corrected chi connectivity index (χ0v) is 36.5. The monoisotopic (exact) mass is 888 g/mol. The average molecular weight is 889 g/mol. The Kier molecular flexibility index (Phi) is 18.4. The molecule has 0 aliphatic carbocycles. The lowest BCUT2D eigenvalue weighted by atomic mass is 9.85. The number of anilines is 2. The molecule has 0 spiro atoms. The molecule has 2 aromatic carbocycles. The lowest BCUT2D eigenvalue weighted by Gasteiger charge is -2.28. The fourth-order valence-corrected chi connectivity index (χ4v) is 8.10. The van der Waals surface area contributed by atoms with Crippen molar-refractivity contribution in [3.05, 3.63) is 88.0 Å². The van der Waals surface area contributed by atoms with Crippen LogP contribution in [0.3, 0.4) is 0 Å². The lowest BCUT2D eigenvalue weighted by Crippen LogP contribution is -2.44. The molecule has 336 valence electrons. The number of aldehydes is 2. The number of nitrogens with one attached hydrogen (secondary N) is 4. The first-order valence-electron chi connectivity index (χ1n) is 20.7. The van der Waals surface area contributed by atoms with Gasteiger partial charge < -0.3 is 38.5 Å². The third-order valence-corrected chi connectivity index (χ3v) is 11.5. The molecule has 63 heavy (non-hydrogen) atoms. The minimum atomic E-state index is -1.46. The SMILES string of the molecule is CCOP(OCC)OCCCCOC(=O)C1C(C(=O)Nc2nc3ncc(CNc4ccc(C(=O)NC(C=O)CCC=O)cc4)nc3c(=O)[nH]2)C(C(C)=O)N(Cc2ccccc2)C1C. The Bertz CT molecular complexity index is 2240. The molecule has 4 N–H and O–H groups in total. The number of nitrogens with zero attached hydrogens (tertiary/aromatic N) is 4. The highest BCUT2D eigenvalue weighted by Gasteiger charge is 2.55. The molecule has 0 bridgehead atoms. The molecule has 1 fully saturated rings. The van der Waals surface area contributed by atoms with Crippen LogP contribution in [0.25, 0.3) is 11.2 Å². The smallest absolute Gasteiger partial charge is 0.332 e. The summed E-state index contributed by atoms with van der Waals surface area (Å²) < 4.78 is 22.3. The molecule has 1 aliphatic rings. The van der Waals surface area contributed by atoms with Crippen molar-refractivity contribution in [2.75, 3.05) is 37.1 Å². The third kappa shape index (κ3) is 13.3. The predicted molar refractivity (Wildman–Crippen MR) is 232 cm³/mol. The summed E-state index contributed by atoms with van der Waals surface area (Å²) in [5.41, 5.74) is 1.36. The summed E-state index contributed by atoms with van der Waals surface area (Å²) in [4.78, 5) is 107. The van der Waals surface area contributed by atoms with E-state index in [1.807, 2.05) is 49.1 Å². The number of benzene rings is 2. The van der Waals surface area contributed by atoms with Crippen LogP contribution < -0.4 is 21.5 Å². The minimum absolute atomic E-state index is 0.0554. The summed E-state index contributed by atoms with van der Waals surface area (Å²) in [7, 11) is -1.46. The van der Waals surface area contributed by atoms with Crippen LogP contribution in [-0.2, 0) is 55.4 Å². The van der Waals surface area contributed by atoms with Crippen molar-refractivity contribution in [3.63, 3.8) is 0 Å². The Morgan fingerprint density at radius 1 is 0.937 bits per heavy atom. The van der Waals surface area contributed by atoms with Crippen LogP contribution >= 0.6 is 8.60 Å². The van der Waals surface area contributed by atoms with E-state index in [0.29, 0.717) is 62.2 Å². The largest absolute Gasteiger partial charge is 0.465 e. The van der Waals surface area contributed by atoms with Gasteiger partial charge in [-0.25, -0.2) is 9.97 Å². The summed E-state index contributed by atoms with van der Waals surface area (Å²) in [6.45, 7) is 8.57. The second-order valence-electron chi connectivity index (χ2n) is 14.6. The van der Waals surface area contributed by atoms with E-state index in [2.05, 4.69) is 35.9 Å². The van der Waals surface area contributed by atoms with Crippen LogP contribution in [0.2, 0.25) is 0 Å². The van der Waals surface area contributed by atoms with Crippen molar-refractivity contribution >= 4 is 67.5 Å². The van der Waals surface area contributed by atoms with Crippen LogP contribution in [-0.4, -0.2) is 106 Å². The maximum absolute atomic E-state index is 14.3. The maximum atomic E-state index is 14.3. The number of amides is 2. The standard InChI is InChI=1S/C43H53N8O11P/c1-5-60-63(61-6-2)62-22-11-10-21-59-42(58)34-27(3)51(25-29-13-8-7-9-14-29)37(28(4)54)35(34)40(56)49-43-48-38-36(41(57)50-43)46-33(24-45-38)23-44-31-18-16-30(17-19-31)39(55)47-32(26-53)15-12-20-52/h7-9,13-14,16-20,24,26-27,32,34-35,37,44H,5-6,10-12,15,21-23,25H2,1-4H3,(H,47,55)(H2,45,48,49,50,56,57). The van der Waals surface area contributed by atoms with Gasteiger partial charge >= 0.3 is 14.6 Å². The number of Topliss-reactive ketones (excluding diaryl/α,β-unsaturated/α-hetero) is 1. The van der Waals surface area contributed by atoms with E-state index in [0.717, 1.165) is 5.56 Å². The quantitative estimate of drug-likeness (QED) is 0.0314. The number of hydrogen-bond acceptors (Lipinski definition) is 16. The second kappa shape index (κ2) is 24.1. The molecule has 1 saturated heterocycles. The molecule has 4 aromatic rings. The second-order valence-corrected chi connectivity index (χ2v) is 15.8. The van der Waals surface area contributed by atoms with Gasteiger partial charge in [-0.2, -0.15) is 4.98 Å². The first-order chi connectivity index (χ1) is 30.5. The summed E-state index contributed by atoms with van der Waals surface area (Å²) in [5, 5.41) is 8.35. The van der Waals surface area contributed by atoms with E-state index < -0.39 is 61.9 Å². The lowest BCUT2D eigenvalue weighted by molar-refractivity contribution is -0.152. The minimum Gasteiger partial charge on any atom is -0.465 e. The number of esters is 1. The zero-order valence-electron chi connectivity index (χ0n) is 35.6. The molecule has 2 aromatic heterocycles. The van der Waals surface area contributed by atoms with Gasteiger partial charge in [-0.05, 0) is 76.8 Å². The van der Waals surface area contributed by atoms with Crippen LogP contribution in [0.15, 0.2) is 65.6 Å². The molecule has 5 atom stereocenters. The molecule has 0 radical (unpaired) electrons. The first kappa shape index (κ1) is 48.2. The van der Waals surface area contributed by atoms with Gasteiger partial charge in [0.05, 0.1) is 68.8 Å². The number of aromatic nitrogens is 4. The average Bonchev–Trinajstić information content (AvgIpc) is 3.57. The van der Waals surface area contributed by atoms with Crippen molar-refractivity contribution in [2.45, 2.75) is 84.6 Å². The Morgan fingerprint density at radius 3 is 2.32 bits per heavy atom. The van der Waals surface area contributed by atoms with Crippen molar-refractivity contribution in [1.29, 1.82) is 0 Å². The molecule has 1 aliphatic heterocycles. The van der Waals surface area contributed by atoms with Crippen LogP contribution in [0, 0.1) is 11.8 Å². The van der Waals surface area contributed by atoms with Gasteiger partial charge in [-0.3, -0.25) is 39.2 Å². The molecular formula is C43H53N8O11P. The first-order valence-corrected chi connectivity index (χ1v) is 21.8. The van der Waals surface area contributed by atoms with Gasteiger partial charge in [-0.15, -0.1) is 0 Å². The highest BCUT2D eigenvalue weighted by atomic mass is 31.2. The number of rotatable bonds is 25. The topological polar surface area (TPSA) is 250 Å². The van der Waals surface area contributed by atoms with Crippen molar-refractivity contribution < 1.29 is 47.1 Å². The van der Waals surface area contributed by atoms with Crippen LogP contribution in [0.5, 0.6) is 0 Å². The summed E-state index contributed by atoms with van der Waals surface area (Å²) in [6.07, 6.45) is 4.06. The van der Waals surface area contributed by atoms with E-state index in [4.69, 9.17) is 18.3 Å². The number of carbonyl (C=O) groups is 6. The fourth-order valence-electron chi connectivity index (χ4n) is 7.17. The number of fused-ring (bicyclic) bond motifs is 1. The molecule has 2 amide bonds. The molecule has 5 unspecified atom stereocenters. The molecule has 19 nitrogen and oxygen atoms in total. The van der Waals surface area contributed by atoms with E-state index in [1.54, 1.807) is 31.2 Å². The van der Waals surface area contributed by atoms with E-state index >= 15 is 0 Å². The zero-order chi connectivity index (χ0) is 45.3. The summed E-state index contributed by atoms with van der Waals surface area (Å²) in [5.74, 6) is -4.64. The summed E-state index contributed by atoms with van der Waals surface area (Å²) in [6, 6.07) is 13.5. The molecule has 20 heteroatoms. The van der Waals surface area contributed by atoms with E-state index in [1.165, 1.54) is 13.1 Å². The third-order valence-electron chi connectivity index (χ3n) is 10.2. The van der Waals surface area contributed by atoms with Gasteiger partial charge in [0, 0.05) is 30.3 Å². The number of H-pyrrole nitrogens is 1. The number of ether oxygens (including phenoxy) is 1. The number of unbranched alkanes of at least 4 members (excludes halogenated alkanes) is 1. The van der Waals surface area contributed by atoms with Gasteiger partial charge in [0.2, 0.25) is 11.9 Å². The predicted octanol–water partition coefficient (Wildman–Crippen LogP) is 4.27. The number of aromatic amines is 1. The van der Waals surface area contributed by atoms with Crippen molar-refractivity contribution in [2.24, 2.45) is 11.8 Å². The Balaban J connectivity index is 1.27. The van der Waals surface area contributed by atoms with Crippen LogP contribution in [0.4, 0.5) is 11.6 Å². The Labute approximate surface area is 365 Å². The summed E-state index contributed by atoms with van der Waals surface area (Å²) >= 11 is 0. The molecule has 5 rings (SSSR count). The van der Waals surface area contributed by atoms with Crippen LogP contribution in [0.1, 0.15) is 75.0 Å². The van der Waals surface area contributed by atoms with Gasteiger partial charge in [0.1, 0.15) is 18.4 Å². The Morgan fingerprint density at radius 2 is 1.65 bits per heavy atom. The maximum Gasteiger partial charge on any atom is 0.332 e. The van der Waals surface area contributed by atoms with Crippen molar-refractivity contribution in [1.82, 2.24) is 30.2 Å². The normalized spacial score (nSPS) is 17.9. The molecular weight excluding hydrogens is 835 g/mol. The number of carbonyl (C=O) groups excluding carboxylic acids is 6. The van der Waals surface area contributed by atoms with Gasteiger partial charge in [0.25, 0.3) is 11.5 Å². The number of ketones is 1. The Hall–Kier alpha value is -5.85. The highest BCUT2D eigenvalue weighted by molar-refractivity contribution is 7.41. The number of hydrogen-bond donors (Lipinski definition) is 4. The molecule has 0 saturated carbocycles. The highest BCUT2D eigenvalue weighted by Crippen LogP contribution is 2.40.